The molecule has 2 heterocycles. The molecule has 0 radical (unpaired) electrons. The molecule has 0 bridgehead atoms. The van der Waals surface area contributed by atoms with Gasteiger partial charge in [-0.15, -0.1) is 0 Å². The maximum Gasteiger partial charge on any atom is 0.330 e. The van der Waals surface area contributed by atoms with Crippen LogP contribution in [0, 0.1) is 17.4 Å². The van der Waals surface area contributed by atoms with Crippen LogP contribution in [0.3, 0.4) is 0 Å². The molecular formula is C10H16N4O. The van der Waals surface area contributed by atoms with E-state index in [1.54, 1.807) is 0 Å². The van der Waals surface area contributed by atoms with E-state index in [2.05, 4.69) is 17.3 Å². The van der Waals surface area contributed by atoms with Gasteiger partial charge in [-0.3, -0.25) is 0 Å². The molecule has 5 nitrogen and oxygen atoms in total. The van der Waals surface area contributed by atoms with Gasteiger partial charge in [0.15, 0.2) is 6.19 Å². The number of amides is 2. The average molecular weight is 208 g/mol. The normalized spacial score (nSPS) is 32.5. The molecule has 2 fully saturated rings. The van der Waals surface area contributed by atoms with Crippen LogP contribution in [0.5, 0.6) is 0 Å². The van der Waals surface area contributed by atoms with Crippen molar-refractivity contribution in [1.29, 1.82) is 5.26 Å². The van der Waals surface area contributed by atoms with Crippen LogP contribution in [-0.4, -0.2) is 48.6 Å². The number of hydrogen-bond donors (Lipinski definition) is 1. The second-order valence-corrected chi connectivity index (χ2v) is 4.43. The van der Waals surface area contributed by atoms with Crippen molar-refractivity contribution in [1.82, 2.24) is 15.1 Å². The van der Waals surface area contributed by atoms with Crippen LogP contribution < -0.4 is 5.32 Å². The molecular weight excluding hydrogens is 192 g/mol. The van der Waals surface area contributed by atoms with Crippen LogP contribution in [0.4, 0.5) is 4.79 Å². The lowest BCUT2D eigenvalue weighted by Gasteiger charge is -2.32. The third-order valence-electron chi connectivity index (χ3n) is 3.28. The van der Waals surface area contributed by atoms with E-state index in [4.69, 9.17) is 5.26 Å². The lowest BCUT2D eigenvalue weighted by Crippen LogP contribution is -2.43. The predicted molar refractivity (Wildman–Crippen MR) is 54.9 cm³/mol. The molecule has 2 aliphatic rings. The highest BCUT2D eigenvalue weighted by Gasteiger charge is 2.35. The number of nitriles is 1. The first-order valence-electron chi connectivity index (χ1n) is 5.37. The third kappa shape index (κ3) is 2.05. The molecule has 0 aromatic heterocycles. The first-order chi connectivity index (χ1) is 7.20. The zero-order chi connectivity index (χ0) is 10.8. The van der Waals surface area contributed by atoms with Gasteiger partial charge in [0.2, 0.25) is 0 Å². The van der Waals surface area contributed by atoms with Gasteiger partial charge in [0.25, 0.3) is 0 Å². The third-order valence-corrected chi connectivity index (χ3v) is 3.28. The summed E-state index contributed by atoms with van der Waals surface area (Å²) in [5.41, 5.74) is 0. The van der Waals surface area contributed by atoms with Crippen molar-refractivity contribution in [2.75, 3.05) is 26.7 Å². The summed E-state index contributed by atoms with van der Waals surface area (Å²) < 4.78 is 0. The van der Waals surface area contributed by atoms with Gasteiger partial charge in [-0.25, -0.2) is 9.69 Å². The number of urea groups is 1. The van der Waals surface area contributed by atoms with E-state index in [0.717, 1.165) is 19.5 Å². The minimum absolute atomic E-state index is 0.153. The Morgan fingerprint density at radius 3 is 2.93 bits per heavy atom. The Hall–Kier alpha value is -1.28. The van der Waals surface area contributed by atoms with Crippen LogP contribution in [0.2, 0.25) is 0 Å². The molecule has 82 valence electrons. The Bertz CT molecular complexity index is 298. The molecule has 0 spiro atoms. The van der Waals surface area contributed by atoms with Crippen molar-refractivity contribution >= 4 is 6.03 Å². The summed E-state index contributed by atoms with van der Waals surface area (Å²) in [5.74, 6) is 0.492. The van der Waals surface area contributed by atoms with Crippen molar-refractivity contribution in [2.24, 2.45) is 5.92 Å². The molecule has 2 unspecified atom stereocenters. The van der Waals surface area contributed by atoms with E-state index in [1.165, 1.54) is 11.3 Å². The molecule has 2 atom stereocenters. The fourth-order valence-electron chi connectivity index (χ4n) is 2.45. The zero-order valence-electron chi connectivity index (χ0n) is 8.94. The number of piperidine rings is 1. The smallest absolute Gasteiger partial charge is 0.330 e. The second kappa shape index (κ2) is 4.07. The van der Waals surface area contributed by atoms with Crippen molar-refractivity contribution in [3.05, 3.63) is 0 Å². The molecule has 0 aliphatic carbocycles. The largest absolute Gasteiger partial charge is 0.332 e. The van der Waals surface area contributed by atoms with Crippen LogP contribution >= 0.6 is 0 Å². The standard InChI is InChI=1S/C10H16N4O/c1-13-4-2-3-8(5-13)9-6-14(7-11)10(15)12-9/h8-9H,2-6H2,1H3,(H,12,15). The molecule has 2 saturated heterocycles. The predicted octanol–water partition coefficient (Wildman–Crippen LogP) is 0.203. The van der Waals surface area contributed by atoms with Gasteiger partial charge in [-0.2, -0.15) is 5.26 Å². The van der Waals surface area contributed by atoms with Gasteiger partial charge in [0.05, 0.1) is 12.6 Å². The van der Waals surface area contributed by atoms with Gasteiger partial charge < -0.3 is 10.2 Å². The SMILES string of the molecule is CN1CCCC(C2CN(C#N)C(=O)N2)C1. The molecule has 2 rings (SSSR count). The monoisotopic (exact) mass is 208 g/mol. The molecule has 0 aromatic carbocycles. The molecule has 0 saturated carbocycles. The van der Waals surface area contributed by atoms with Gasteiger partial charge in [0.1, 0.15) is 0 Å². The molecule has 5 heteroatoms. The maximum atomic E-state index is 11.3. The lowest BCUT2D eigenvalue weighted by molar-refractivity contribution is 0.182. The summed E-state index contributed by atoms with van der Waals surface area (Å²) in [6.45, 7) is 2.69. The minimum Gasteiger partial charge on any atom is -0.332 e. The van der Waals surface area contributed by atoms with Crippen molar-refractivity contribution in [2.45, 2.75) is 18.9 Å². The summed E-state index contributed by atoms with van der Waals surface area (Å²) >= 11 is 0. The Morgan fingerprint density at radius 1 is 1.53 bits per heavy atom. The first-order valence-corrected chi connectivity index (χ1v) is 5.37. The molecule has 15 heavy (non-hydrogen) atoms. The minimum atomic E-state index is -0.240. The summed E-state index contributed by atoms with van der Waals surface area (Å²) in [5, 5.41) is 11.6. The second-order valence-electron chi connectivity index (χ2n) is 4.43. The van der Waals surface area contributed by atoms with E-state index < -0.39 is 0 Å². The number of nitrogens with zero attached hydrogens (tertiary/aromatic N) is 3. The fourth-order valence-corrected chi connectivity index (χ4v) is 2.45. The van der Waals surface area contributed by atoms with E-state index in [9.17, 15) is 4.79 Å². The maximum absolute atomic E-state index is 11.3. The average Bonchev–Trinajstić information content (AvgIpc) is 2.60. The molecule has 2 aliphatic heterocycles. The van der Waals surface area contributed by atoms with E-state index in [0.29, 0.717) is 12.5 Å². The summed E-state index contributed by atoms with van der Waals surface area (Å²) in [6.07, 6.45) is 4.23. The number of nitrogens with one attached hydrogen (secondary N) is 1. The number of likely N-dealkylation sites (tertiary alicyclic amines) is 1. The highest BCUT2D eigenvalue weighted by molar-refractivity contribution is 5.78. The van der Waals surface area contributed by atoms with Crippen LogP contribution in [-0.2, 0) is 0 Å². The van der Waals surface area contributed by atoms with Crippen molar-refractivity contribution < 1.29 is 4.79 Å². The summed E-state index contributed by atoms with van der Waals surface area (Å²) in [7, 11) is 2.10. The topological polar surface area (TPSA) is 59.4 Å². The number of carbonyl (C=O) groups is 1. The van der Waals surface area contributed by atoms with Gasteiger partial charge in [-0.05, 0) is 32.4 Å². The van der Waals surface area contributed by atoms with Gasteiger partial charge in [-0.1, -0.05) is 0 Å². The highest BCUT2D eigenvalue weighted by atomic mass is 16.2. The van der Waals surface area contributed by atoms with Crippen LogP contribution in [0.15, 0.2) is 0 Å². The molecule has 0 aromatic rings. The number of hydrogen-bond acceptors (Lipinski definition) is 3. The molecule has 1 N–H and O–H groups in total. The Kier molecular flexibility index (Phi) is 2.78. The van der Waals surface area contributed by atoms with Crippen molar-refractivity contribution in [3.63, 3.8) is 0 Å². The summed E-state index contributed by atoms with van der Waals surface area (Å²) in [4.78, 5) is 14.8. The van der Waals surface area contributed by atoms with Crippen LogP contribution in [0.25, 0.3) is 0 Å². The van der Waals surface area contributed by atoms with Crippen LogP contribution in [0.1, 0.15) is 12.8 Å². The Morgan fingerprint density at radius 2 is 2.33 bits per heavy atom. The summed E-state index contributed by atoms with van der Waals surface area (Å²) in [6, 6.07) is -0.0874. The van der Waals surface area contributed by atoms with Gasteiger partial charge >= 0.3 is 6.03 Å². The Balaban J connectivity index is 1.95. The van der Waals surface area contributed by atoms with Crippen molar-refractivity contribution in [3.8, 4) is 6.19 Å². The van der Waals surface area contributed by atoms with E-state index >= 15 is 0 Å². The number of rotatable bonds is 1. The quantitative estimate of drug-likeness (QED) is 0.626. The van der Waals surface area contributed by atoms with E-state index in [-0.39, 0.29) is 12.1 Å². The molecule has 2 amide bonds. The van der Waals surface area contributed by atoms with Gasteiger partial charge in [0, 0.05) is 6.54 Å². The highest BCUT2D eigenvalue weighted by Crippen LogP contribution is 2.21. The fraction of sp³-hybridized carbons (Fsp3) is 0.800. The zero-order valence-corrected chi connectivity index (χ0v) is 8.94. The number of carbonyl (C=O) groups excluding carboxylic acids is 1. The lowest BCUT2D eigenvalue weighted by atomic mass is 9.91. The first kappa shape index (κ1) is 10.2. The Labute approximate surface area is 89.6 Å². The van der Waals surface area contributed by atoms with E-state index in [1.807, 2.05) is 6.19 Å².